The summed E-state index contributed by atoms with van der Waals surface area (Å²) in [5.74, 6) is 0.644. The van der Waals surface area contributed by atoms with Crippen LogP contribution in [0.2, 0.25) is 0 Å². The van der Waals surface area contributed by atoms with Gasteiger partial charge in [-0.3, -0.25) is 0 Å². The first-order valence-corrected chi connectivity index (χ1v) is 2.97. The number of nitrogens with zero attached hydrogens (tertiary/aromatic N) is 1. The average molecular weight is 115 g/mol. The van der Waals surface area contributed by atoms with E-state index < -0.39 is 0 Å². The molecular formula is C6H13NO. The third-order valence-corrected chi connectivity index (χ3v) is 1.29. The van der Waals surface area contributed by atoms with Gasteiger partial charge in [0.15, 0.2) is 0 Å². The molecule has 0 radical (unpaired) electrons. The van der Waals surface area contributed by atoms with Crippen LogP contribution in [0.5, 0.6) is 0 Å². The topological polar surface area (TPSA) is 32.6 Å². The summed E-state index contributed by atoms with van der Waals surface area (Å²) < 4.78 is 0. The molecule has 0 saturated carbocycles. The van der Waals surface area contributed by atoms with E-state index >= 15 is 0 Å². The molecule has 0 aliphatic rings. The lowest BCUT2D eigenvalue weighted by molar-refractivity contribution is 0.319. The Bertz CT molecular complexity index is 70.9. The maximum Gasteiger partial charge on any atom is 0.0438 e. The molecule has 0 rings (SSSR count). The van der Waals surface area contributed by atoms with Crippen molar-refractivity contribution in [3.63, 3.8) is 0 Å². The average Bonchev–Trinajstić information content (AvgIpc) is 1.83. The SMILES string of the molecule is CCC(C)CC=NO. The summed E-state index contributed by atoms with van der Waals surface area (Å²) >= 11 is 0. The highest BCUT2D eigenvalue weighted by atomic mass is 16.4. The molecule has 48 valence electrons. The lowest BCUT2D eigenvalue weighted by Crippen LogP contribution is -1.91. The molecule has 0 spiro atoms. The first kappa shape index (κ1) is 7.47. The van der Waals surface area contributed by atoms with Crippen molar-refractivity contribution in [2.45, 2.75) is 26.7 Å². The molecule has 0 amide bonds. The number of hydrogen-bond donors (Lipinski definition) is 1. The normalized spacial score (nSPS) is 14.8. The van der Waals surface area contributed by atoms with Gasteiger partial charge in [0.1, 0.15) is 0 Å². The number of hydrogen-bond acceptors (Lipinski definition) is 2. The van der Waals surface area contributed by atoms with E-state index in [4.69, 9.17) is 5.21 Å². The van der Waals surface area contributed by atoms with Crippen LogP contribution in [0, 0.1) is 5.92 Å². The largest absolute Gasteiger partial charge is 0.411 e. The van der Waals surface area contributed by atoms with Crippen LogP contribution in [0.15, 0.2) is 5.16 Å². The van der Waals surface area contributed by atoms with Gasteiger partial charge >= 0.3 is 0 Å². The predicted octanol–water partition coefficient (Wildman–Crippen LogP) is 1.88. The Morgan fingerprint density at radius 1 is 1.75 bits per heavy atom. The summed E-state index contributed by atoms with van der Waals surface area (Å²) in [6.45, 7) is 4.25. The molecule has 1 N–H and O–H groups in total. The third kappa shape index (κ3) is 3.65. The van der Waals surface area contributed by atoms with Gasteiger partial charge in [-0.05, 0) is 12.3 Å². The highest BCUT2D eigenvalue weighted by molar-refractivity contribution is 5.56. The van der Waals surface area contributed by atoms with Crippen molar-refractivity contribution in [3.8, 4) is 0 Å². The Morgan fingerprint density at radius 3 is 2.75 bits per heavy atom. The molecule has 2 heteroatoms. The van der Waals surface area contributed by atoms with Gasteiger partial charge in [0.05, 0.1) is 0 Å². The minimum absolute atomic E-state index is 0.644. The van der Waals surface area contributed by atoms with E-state index in [1.165, 1.54) is 6.21 Å². The Balaban J connectivity index is 3.10. The zero-order chi connectivity index (χ0) is 6.41. The summed E-state index contributed by atoms with van der Waals surface area (Å²) in [7, 11) is 0. The first-order chi connectivity index (χ1) is 3.81. The summed E-state index contributed by atoms with van der Waals surface area (Å²) in [6.07, 6.45) is 3.56. The van der Waals surface area contributed by atoms with E-state index in [1.54, 1.807) is 0 Å². The van der Waals surface area contributed by atoms with E-state index in [0.717, 1.165) is 12.8 Å². The molecule has 0 saturated heterocycles. The Hall–Kier alpha value is -0.530. The minimum Gasteiger partial charge on any atom is -0.411 e. The minimum atomic E-state index is 0.644. The highest BCUT2D eigenvalue weighted by Crippen LogP contribution is 2.02. The van der Waals surface area contributed by atoms with Gasteiger partial charge in [-0.2, -0.15) is 0 Å². The van der Waals surface area contributed by atoms with E-state index in [1.807, 2.05) is 0 Å². The molecule has 2 nitrogen and oxygen atoms in total. The number of rotatable bonds is 3. The molecule has 8 heavy (non-hydrogen) atoms. The van der Waals surface area contributed by atoms with Crippen molar-refractivity contribution in [3.05, 3.63) is 0 Å². The maximum atomic E-state index is 7.98. The number of oxime groups is 1. The van der Waals surface area contributed by atoms with Crippen LogP contribution in [0.3, 0.4) is 0 Å². The standard InChI is InChI=1S/C6H13NO/c1-3-6(2)4-5-7-8/h5-6,8H,3-4H2,1-2H3. The molecule has 0 fully saturated rings. The highest BCUT2D eigenvalue weighted by Gasteiger charge is 1.92. The van der Waals surface area contributed by atoms with Crippen molar-refractivity contribution in [2.75, 3.05) is 0 Å². The third-order valence-electron chi connectivity index (χ3n) is 1.29. The van der Waals surface area contributed by atoms with Crippen LogP contribution >= 0.6 is 0 Å². The fourth-order valence-electron chi connectivity index (χ4n) is 0.394. The molecule has 0 aromatic carbocycles. The van der Waals surface area contributed by atoms with Crippen molar-refractivity contribution < 1.29 is 5.21 Å². The Kier molecular flexibility index (Phi) is 4.32. The second-order valence-electron chi connectivity index (χ2n) is 2.05. The molecule has 0 bridgehead atoms. The van der Waals surface area contributed by atoms with Crippen molar-refractivity contribution in [2.24, 2.45) is 11.1 Å². The summed E-state index contributed by atoms with van der Waals surface area (Å²) in [4.78, 5) is 0. The fraction of sp³-hybridized carbons (Fsp3) is 0.833. The Morgan fingerprint density at radius 2 is 2.38 bits per heavy atom. The van der Waals surface area contributed by atoms with Gasteiger partial charge in [-0.25, -0.2) is 0 Å². The van der Waals surface area contributed by atoms with Gasteiger partial charge in [0.25, 0.3) is 0 Å². The molecule has 1 unspecified atom stereocenters. The fourth-order valence-corrected chi connectivity index (χ4v) is 0.394. The lowest BCUT2D eigenvalue weighted by Gasteiger charge is -1.99. The second kappa shape index (κ2) is 4.62. The summed E-state index contributed by atoms with van der Waals surface area (Å²) in [6, 6.07) is 0. The maximum absolute atomic E-state index is 7.98. The van der Waals surface area contributed by atoms with Gasteiger partial charge in [-0.1, -0.05) is 20.3 Å². The molecule has 0 aromatic rings. The zero-order valence-electron chi connectivity index (χ0n) is 5.46. The molecular weight excluding hydrogens is 102 g/mol. The van der Waals surface area contributed by atoms with E-state index in [0.29, 0.717) is 5.92 Å². The first-order valence-electron chi connectivity index (χ1n) is 2.97. The quantitative estimate of drug-likeness (QED) is 0.340. The van der Waals surface area contributed by atoms with Crippen LogP contribution < -0.4 is 0 Å². The van der Waals surface area contributed by atoms with Crippen molar-refractivity contribution >= 4 is 6.21 Å². The van der Waals surface area contributed by atoms with Crippen molar-refractivity contribution in [1.82, 2.24) is 0 Å². The van der Waals surface area contributed by atoms with Crippen LogP contribution in [0.1, 0.15) is 26.7 Å². The van der Waals surface area contributed by atoms with Gasteiger partial charge < -0.3 is 5.21 Å². The van der Waals surface area contributed by atoms with Crippen LogP contribution in [-0.4, -0.2) is 11.4 Å². The van der Waals surface area contributed by atoms with Gasteiger partial charge in [-0.15, -0.1) is 5.16 Å². The molecule has 0 aliphatic carbocycles. The van der Waals surface area contributed by atoms with Crippen LogP contribution in [-0.2, 0) is 0 Å². The van der Waals surface area contributed by atoms with Crippen LogP contribution in [0.4, 0.5) is 0 Å². The smallest absolute Gasteiger partial charge is 0.0438 e. The molecule has 0 aliphatic heterocycles. The van der Waals surface area contributed by atoms with E-state index in [2.05, 4.69) is 19.0 Å². The molecule has 0 aromatic heterocycles. The van der Waals surface area contributed by atoms with E-state index in [-0.39, 0.29) is 0 Å². The summed E-state index contributed by atoms with van der Waals surface area (Å²) in [5.41, 5.74) is 0. The van der Waals surface area contributed by atoms with Gasteiger partial charge in [0.2, 0.25) is 0 Å². The van der Waals surface area contributed by atoms with E-state index in [9.17, 15) is 0 Å². The van der Waals surface area contributed by atoms with Crippen molar-refractivity contribution in [1.29, 1.82) is 0 Å². The zero-order valence-corrected chi connectivity index (χ0v) is 5.46. The van der Waals surface area contributed by atoms with Crippen LogP contribution in [0.25, 0.3) is 0 Å². The second-order valence-corrected chi connectivity index (χ2v) is 2.05. The molecule has 1 atom stereocenters. The molecule has 0 heterocycles. The van der Waals surface area contributed by atoms with Gasteiger partial charge in [0, 0.05) is 6.21 Å². The monoisotopic (exact) mass is 115 g/mol. The summed E-state index contributed by atoms with van der Waals surface area (Å²) in [5, 5.41) is 10.9. The Labute approximate surface area is 50.2 Å². The lowest BCUT2D eigenvalue weighted by atomic mass is 10.1. The predicted molar refractivity (Wildman–Crippen MR) is 34.4 cm³/mol.